The molecular weight excluding hydrogens is 368 g/mol. The lowest BCUT2D eigenvalue weighted by molar-refractivity contribution is -0.145. The van der Waals surface area contributed by atoms with Gasteiger partial charge in [-0.25, -0.2) is 9.48 Å². The number of nitrogens with zero attached hydrogens (tertiary/aromatic N) is 2. The number of carbonyl (C=O) groups is 2. The van der Waals surface area contributed by atoms with Gasteiger partial charge in [0.05, 0.1) is 13.3 Å². The number of rotatable bonds is 7. The summed E-state index contributed by atoms with van der Waals surface area (Å²) in [5, 5.41) is 8.33. The summed E-state index contributed by atoms with van der Waals surface area (Å²) in [6.07, 6.45) is 3.92. The first-order chi connectivity index (χ1) is 13.0. The van der Waals surface area contributed by atoms with E-state index in [1.165, 1.54) is 7.11 Å². The van der Waals surface area contributed by atoms with Crippen LogP contribution in [0.5, 0.6) is 0 Å². The Hall–Kier alpha value is -2.81. The zero-order valence-corrected chi connectivity index (χ0v) is 15.8. The van der Waals surface area contributed by atoms with Gasteiger partial charge in [0.1, 0.15) is 18.1 Å². The number of nitrogens with one attached hydrogen (secondary N) is 2. The number of aromatic amines is 1. The lowest BCUT2D eigenvalue weighted by Crippen LogP contribution is -2.44. The molecule has 0 aliphatic rings. The molecule has 0 fully saturated rings. The van der Waals surface area contributed by atoms with E-state index in [9.17, 15) is 14.4 Å². The van der Waals surface area contributed by atoms with Gasteiger partial charge in [-0.15, -0.1) is 0 Å². The third-order valence-electron chi connectivity index (χ3n) is 4.25. The van der Waals surface area contributed by atoms with Crippen molar-refractivity contribution in [2.45, 2.75) is 19.0 Å². The molecule has 0 saturated carbocycles. The lowest BCUT2D eigenvalue weighted by Gasteiger charge is -2.16. The number of thioether (sulfide) groups is 1. The Morgan fingerprint density at radius 1 is 1.33 bits per heavy atom. The SMILES string of the molecule is COC(=O)[C@@H](CCSC)NC(=O)Cn1ncc2c([nH]c3ccccc32)c1=O. The normalized spacial score (nSPS) is 12.2. The number of esters is 1. The number of hydrogen-bond donors (Lipinski definition) is 2. The van der Waals surface area contributed by atoms with Crippen molar-refractivity contribution in [3.05, 3.63) is 40.8 Å². The molecule has 0 unspecified atom stereocenters. The summed E-state index contributed by atoms with van der Waals surface area (Å²) in [6, 6.07) is 6.79. The Labute approximate surface area is 159 Å². The second kappa shape index (κ2) is 8.26. The van der Waals surface area contributed by atoms with Crippen LogP contribution in [0.15, 0.2) is 35.3 Å². The smallest absolute Gasteiger partial charge is 0.328 e. The summed E-state index contributed by atoms with van der Waals surface area (Å²) in [5.41, 5.74) is 0.833. The van der Waals surface area contributed by atoms with Gasteiger partial charge in [-0.3, -0.25) is 9.59 Å². The molecule has 3 aromatic rings. The predicted molar refractivity (Wildman–Crippen MR) is 105 cm³/mol. The first-order valence-corrected chi connectivity index (χ1v) is 9.77. The highest BCUT2D eigenvalue weighted by Crippen LogP contribution is 2.21. The van der Waals surface area contributed by atoms with E-state index in [2.05, 4.69) is 15.4 Å². The van der Waals surface area contributed by atoms with Crippen LogP contribution in [-0.4, -0.2) is 51.8 Å². The molecule has 27 heavy (non-hydrogen) atoms. The molecule has 2 N–H and O–H groups in total. The molecule has 1 aromatic carbocycles. The number of H-pyrrole nitrogens is 1. The third kappa shape index (κ3) is 3.97. The van der Waals surface area contributed by atoms with Gasteiger partial charge in [0.15, 0.2) is 0 Å². The molecule has 0 radical (unpaired) electrons. The van der Waals surface area contributed by atoms with Crippen LogP contribution in [0.2, 0.25) is 0 Å². The van der Waals surface area contributed by atoms with Gasteiger partial charge in [0, 0.05) is 16.3 Å². The average Bonchev–Trinajstić information content (AvgIpc) is 3.06. The highest BCUT2D eigenvalue weighted by atomic mass is 32.2. The van der Waals surface area contributed by atoms with Crippen LogP contribution in [0.1, 0.15) is 6.42 Å². The molecule has 142 valence electrons. The van der Waals surface area contributed by atoms with Crippen molar-refractivity contribution in [1.29, 1.82) is 0 Å². The second-order valence-corrected chi connectivity index (χ2v) is 6.98. The highest BCUT2D eigenvalue weighted by Gasteiger charge is 2.21. The summed E-state index contributed by atoms with van der Waals surface area (Å²) in [5.74, 6) is -0.292. The average molecular weight is 388 g/mol. The summed E-state index contributed by atoms with van der Waals surface area (Å²) in [6.45, 7) is -0.281. The fourth-order valence-corrected chi connectivity index (χ4v) is 3.36. The molecule has 0 aliphatic carbocycles. The van der Waals surface area contributed by atoms with E-state index < -0.39 is 23.5 Å². The summed E-state index contributed by atoms with van der Waals surface area (Å²) in [4.78, 5) is 39.9. The van der Waals surface area contributed by atoms with Crippen molar-refractivity contribution in [2.75, 3.05) is 19.1 Å². The summed E-state index contributed by atoms with van der Waals surface area (Å²) >= 11 is 1.56. The van der Waals surface area contributed by atoms with Crippen LogP contribution in [0, 0.1) is 0 Å². The summed E-state index contributed by atoms with van der Waals surface area (Å²) in [7, 11) is 1.27. The van der Waals surface area contributed by atoms with E-state index in [0.29, 0.717) is 23.1 Å². The summed E-state index contributed by atoms with van der Waals surface area (Å²) < 4.78 is 5.80. The number of ether oxygens (including phenoxy) is 1. The number of fused-ring (bicyclic) bond motifs is 3. The topological polar surface area (TPSA) is 106 Å². The van der Waals surface area contributed by atoms with Crippen LogP contribution < -0.4 is 10.9 Å². The fourth-order valence-electron chi connectivity index (χ4n) is 2.89. The number of hydrogen-bond acceptors (Lipinski definition) is 6. The van der Waals surface area contributed by atoms with E-state index in [1.807, 2.05) is 30.5 Å². The maximum absolute atomic E-state index is 12.7. The number of aromatic nitrogens is 3. The van der Waals surface area contributed by atoms with Gasteiger partial charge in [-0.2, -0.15) is 16.9 Å². The maximum Gasteiger partial charge on any atom is 0.328 e. The van der Waals surface area contributed by atoms with E-state index >= 15 is 0 Å². The zero-order valence-electron chi connectivity index (χ0n) is 15.0. The van der Waals surface area contributed by atoms with Gasteiger partial charge in [-0.1, -0.05) is 18.2 Å². The molecule has 9 heteroatoms. The molecular formula is C18H20N4O4S. The number of amides is 1. The third-order valence-corrected chi connectivity index (χ3v) is 4.89. The minimum absolute atomic E-state index is 0.281. The molecule has 2 aromatic heterocycles. The Bertz CT molecular complexity index is 1040. The number of para-hydroxylation sites is 1. The van der Waals surface area contributed by atoms with Crippen molar-refractivity contribution in [1.82, 2.24) is 20.1 Å². The van der Waals surface area contributed by atoms with Gasteiger partial charge < -0.3 is 15.0 Å². The van der Waals surface area contributed by atoms with Gasteiger partial charge in [-0.05, 0) is 24.5 Å². The van der Waals surface area contributed by atoms with E-state index in [1.54, 1.807) is 18.0 Å². The predicted octanol–water partition coefficient (Wildman–Crippen LogP) is 1.29. The van der Waals surface area contributed by atoms with Crippen molar-refractivity contribution in [3.63, 3.8) is 0 Å². The molecule has 1 atom stereocenters. The first-order valence-electron chi connectivity index (χ1n) is 8.37. The molecule has 3 rings (SSSR count). The number of carbonyl (C=O) groups excluding carboxylic acids is 2. The van der Waals surface area contributed by atoms with E-state index in [-0.39, 0.29) is 6.54 Å². The largest absolute Gasteiger partial charge is 0.467 e. The minimum atomic E-state index is -0.748. The van der Waals surface area contributed by atoms with Crippen molar-refractivity contribution in [3.8, 4) is 0 Å². The van der Waals surface area contributed by atoms with Gasteiger partial charge in [0.25, 0.3) is 5.56 Å². The highest BCUT2D eigenvalue weighted by molar-refractivity contribution is 7.98. The molecule has 0 bridgehead atoms. The van der Waals surface area contributed by atoms with Crippen LogP contribution in [-0.2, 0) is 20.9 Å². The molecule has 0 aliphatic heterocycles. The van der Waals surface area contributed by atoms with Gasteiger partial charge in [0.2, 0.25) is 5.91 Å². The molecule has 1 amide bonds. The molecule has 2 heterocycles. The van der Waals surface area contributed by atoms with Crippen LogP contribution in [0.4, 0.5) is 0 Å². The van der Waals surface area contributed by atoms with E-state index in [4.69, 9.17) is 4.74 Å². The van der Waals surface area contributed by atoms with E-state index in [0.717, 1.165) is 15.6 Å². The van der Waals surface area contributed by atoms with Crippen LogP contribution in [0.3, 0.4) is 0 Å². The second-order valence-electron chi connectivity index (χ2n) is 5.99. The standard InChI is InChI=1S/C18H20N4O4S/c1-26-18(25)14(7-8-27-2)20-15(23)10-22-17(24)16-12(9-19-22)11-5-3-4-6-13(11)21-16/h3-6,9,14,21H,7-8,10H2,1-2H3,(H,20,23)/t14-/m1/s1. The first kappa shape index (κ1) is 19.0. The number of benzene rings is 1. The monoisotopic (exact) mass is 388 g/mol. The Balaban J connectivity index is 1.82. The van der Waals surface area contributed by atoms with Crippen molar-refractivity contribution < 1.29 is 14.3 Å². The van der Waals surface area contributed by atoms with Crippen molar-refractivity contribution >= 4 is 45.4 Å². The molecule has 0 spiro atoms. The Morgan fingerprint density at radius 3 is 2.85 bits per heavy atom. The zero-order chi connectivity index (χ0) is 19.4. The Morgan fingerprint density at radius 2 is 2.11 bits per heavy atom. The number of methoxy groups -OCH3 is 1. The minimum Gasteiger partial charge on any atom is -0.467 e. The lowest BCUT2D eigenvalue weighted by atomic mass is 10.2. The molecule has 0 saturated heterocycles. The van der Waals surface area contributed by atoms with Crippen LogP contribution in [0.25, 0.3) is 21.8 Å². The van der Waals surface area contributed by atoms with Crippen molar-refractivity contribution in [2.24, 2.45) is 0 Å². The fraction of sp³-hybridized carbons (Fsp3) is 0.333. The molecule has 8 nitrogen and oxygen atoms in total. The maximum atomic E-state index is 12.7. The quantitative estimate of drug-likeness (QED) is 0.591. The van der Waals surface area contributed by atoms with Crippen LogP contribution >= 0.6 is 11.8 Å². The van der Waals surface area contributed by atoms with Gasteiger partial charge >= 0.3 is 5.97 Å². The Kier molecular flexibility index (Phi) is 5.80.